The molecule has 43 heavy (non-hydrogen) atoms. The molecule has 0 spiro atoms. The first-order valence-corrected chi connectivity index (χ1v) is 15.7. The van der Waals surface area contributed by atoms with Gasteiger partial charge in [0.25, 0.3) is 0 Å². The number of halogens is 1. The Morgan fingerprint density at radius 2 is 1.05 bits per heavy atom. The van der Waals surface area contributed by atoms with E-state index >= 15 is 0 Å². The smallest absolute Gasteiger partial charge is 0.134 e. The third-order valence-electron chi connectivity index (χ3n) is 5.75. The van der Waals surface area contributed by atoms with E-state index in [4.69, 9.17) is 21.7 Å². The summed E-state index contributed by atoms with van der Waals surface area (Å²) < 4.78 is 0. The monoisotopic (exact) mass is 668 g/mol. The van der Waals surface area contributed by atoms with Crippen molar-refractivity contribution >= 4 is 15.9 Å². The second-order valence-electron chi connectivity index (χ2n) is 9.46. The van der Waals surface area contributed by atoms with Crippen molar-refractivity contribution in [3.8, 4) is 46.8 Å². The summed E-state index contributed by atoms with van der Waals surface area (Å²) in [5, 5.41) is 62.8. The van der Waals surface area contributed by atoms with E-state index in [9.17, 15) is 20.4 Å². The lowest BCUT2D eigenvalue weighted by atomic mass is 10.0. The summed E-state index contributed by atoms with van der Waals surface area (Å²) in [6.45, 7) is 11.0. The van der Waals surface area contributed by atoms with Gasteiger partial charge in [0.2, 0.25) is 0 Å². The molecule has 0 unspecified atom stereocenters. The molecule has 0 aliphatic rings. The molecule has 0 aromatic heterocycles. The highest BCUT2D eigenvalue weighted by Crippen LogP contribution is 2.11. The van der Waals surface area contributed by atoms with Crippen LogP contribution in [0.25, 0.3) is 0 Å². The van der Waals surface area contributed by atoms with E-state index in [0.717, 1.165) is 32.8 Å². The fraction of sp³-hybridized carbons (Fsp3) is 0.657. The number of terminal acetylenes is 1. The van der Waals surface area contributed by atoms with E-state index in [1.165, 1.54) is 50.7 Å². The molecule has 8 heteroatoms. The molecule has 0 aromatic carbocycles. The molecule has 7 nitrogen and oxygen atoms in total. The highest BCUT2D eigenvalue weighted by Gasteiger charge is 2.14. The summed E-state index contributed by atoms with van der Waals surface area (Å²) in [5.74, 6) is 14.9. The number of unbranched alkanes of at least 4 members (excludes halogenated alkanes) is 8. The van der Waals surface area contributed by atoms with Crippen LogP contribution in [0.1, 0.15) is 104 Å². The third-order valence-corrected chi connectivity index (χ3v) is 5.98. The second kappa shape index (κ2) is 39.9. The Hall–Kier alpha value is -2.08. The van der Waals surface area contributed by atoms with Gasteiger partial charge in [0.1, 0.15) is 12.2 Å². The number of hydrogen-bond acceptors (Lipinski definition) is 7. The number of hydrogen-bond donors (Lipinski definition) is 7. The molecule has 0 saturated carbocycles. The molecule has 246 valence electrons. The summed E-state index contributed by atoms with van der Waals surface area (Å²) >= 11 is 2.82. The molecule has 0 aliphatic carbocycles. The number of aliphatic hydroxyl groups excluding tert-OH is 7. The molecule has 0 bridgehead atoms. The molecule has 0 heterocycles. The zero-order chi connectivity index (χ0) is 33.7. The van der Waals surface area contributed by atoms with Gasteiger partial charge in [0.05, 0.1) is 24.4 Å². The Bertz CT molecular complexity index is 851. The van der Waals surface area contributed by atoms with Gasteiger partial charge in [0, 0.05) is 35.9 Å². The standard InChI is InChI=1S/C17H26O3.C12H22O2.C5H5BrO.CH4O/c1-3-5-6-7-10-13-16(19)17(20)14-11-8-9-12-15(18)4-2;1-3-5-6-7-8-10-12(14)11(13)9-4-2;1-2-5(7)3-4-6;1-2/h4,15-20H,2-3,5-7,10,13-14H2,1H3;2,11-14H,3,5-10H2,1H3;2,5,7H,1H2;2H,1H3/t15-,16-,17-;11-,12-;5-;/m111./s1. The minimum absolute atomic E-state index is 0.189. The Balaban J connectivity index is -0.000000286. The van der Waals surface area contributed by atoms with Gasteiger partial charge < -0.3 is 35.7 Å². The Labute approximate surface area is 270 Å². The summed E-state index contributed by atoms with van der Waals surface area (Å²) in [7, 11) is 1.00. The normalized spacial score (nSPS) is 13.3. The molecule has 0 amide bonds. The highest BCUT2D eigenvalue weighted by molar-refractivity contribution is 9.12. The third kappa shape index (κ3) is 39.9. The molecule has 7 N–H and O–H groups in total. The fourth-order valence-electron chi connectivity index (χ4n) is 3.18. The fourth-order valence-corrected chi connectivity index (χ4v) is 3.41. The summed E-state index contributed by atoms with van der Waals surface area (Å²) in [4.78, 5) is 2.36. The Kier molecular flexibility index (Phi) is 44.4. The van der Waals surface area contributed by atoms with Crippen LogP contribution in [0, 0.1) is 46.8 Å². The van der Waals surface area contributed by atoms with E-state index in [-0.39, 0.29) is 12.8 Å². The van der Waals surface area contributed by atoms with Crippen molar-refractivity contribution in [2.24, 2.45) is 0 Å². The van der Waals surface area contributed by atoms with Gasteiger partial charge in [-0.3, -0.25) is 0 Å². The zero-order valence-corrected chi connectivity index (χ0v) is 28.1. The van der Waals surface area contributed by atoms with Gasteiger partial charge in [-0.05, 0) is 29.5 Å². The van der Waals surface area contributed by atoms with Gasteiger partial charge in [-0.1, -0.05) is 121 Å². The van der Waals surface area contributed by atoms with Crippen molar-refractivity contribution in [2.45, 2.75) is 140 Å². The SMILES string of the molecule is C#CC[C@@H](O)[C@H](O)CCCCCCC.C=C[C@@H](O)C#CBr.C=C[C@@H](O)C#CC#CC[C@@H](O)[C@H](O)CCCCCCC.CO. The molecular weight excluding hydrogens is 612 g/mol. The van der Waals surface area contributed by atoms with Crippen LogP contribution in [0.3, 0.4) is 0 Å². The molecule has 0 saturated heterocycles. The van der Waals surface area contributed by atoms with E-state index < -0.39 is 36.6 Å². The average molecular weight is 670 g/mol. The predicted molar refractivity (Wildman–Crippen MR) is 182 cm³/mol. The minimum atomic E-state index is -0.872. The van der Waals surface area contributed by atoms with Gasteiger partial charge in [-0.25, -0.2) is 0 Å². The molecule has 0 fully saturated rings. The number of rotatable bonds is 18. The second-order valence-corrected chi connectivity index (χ2v) is 9.86. The molecular formula is C35H57BrO7. The topological polar surface area (TPSA) is 142 Å². The average Bonchev–Trinajstić information content (AvgIpc) is 3.01. The first-order chi connectivity index (χ1) is 20.6. The van der Waals surface area contributed by atoms with Crippen molar-refractivity contribution in [3.05, 3.63) is 25.3 Å². The van der Waals surface area contributed by atoms with Gasteiger partial charge in [0.15, 0.2) is 0 Å². The molecule has 0 rings (SSSR count). The van der Waals surface area contributed by atoms with Crippen molar-refractivity contribution in [2.75, 3.05) is 7.11 Å². The van der Waals surface area contributed by atoms with Crippen molar-refractivity contribution in [1.82, 2.24) is 0 Å². The predicted octanol–water partition coefficient (Wildman–Crippen LogP) is 4.60. The summed E-state index contributed by atoms with van der Waals surface area (Å²) in [5.41, 5.74) is 0. The van der Waals surface area contributed by atoms with Crippen LogP contribution < -0.4 is 0 Å². The van der Waals surface area contributed by atoms with Crippen LogP contribution in [0.2, 0.25) is 0 Å². The van der Waals surface area contributed by atoms with E-state index in [0.29, 0.717) is 12.8 Å². The summed E-state index contributed by atoms with van der Waals surface area (Å²) in [6.07, 6.45) is 16.3. The Morgan fingerprint density at radius 1 is 0.628 bits per heavy atom. The maximum Gasteiger partial charge on any atom is 0.134 e. The van der Waals surface area contributed by atoms with E-state index in [2.05, 4.69) is 83.3 Å². The summed E-state index contributed by atoms with van der Waals surface area (Å²) in [6, 6.07) is 0. The number of aliphatic hydroxyl groups is 7. The van der Waals surface area contributed by atoms with E-state index in [1.807, 2.05) is 0 Å². The lowest BCUT2D eigenvalue weighted by Gasteiger charge is -2.15. The van der Waals surface area contributed by atoms with Gasteiger partial charge >= 0.3 is 0 Å². The van der Waals surface area contributed by atoms with Crippen molar-refractivity contribution in [3.63, 3.8) is 0 Å². The van der Waals surface area contributed by atoms with Crippen LogP contribution >= 0.6 is 15.9 Å². The quantitative estimate of drug-likeness (QED) is 0.0643. The maximum absolute atomic E-state index is 9.75. The van der Waals surface area contributed by atoms with Crippen LogP contribution in [-0.4, -0.2) is 79.5 Å². The van der Waals surface area contributed by atoms with Crippen molar-refractivity contribution < 1.29 is 35.7 Å². The minimum Gasteiger partial charge on any atom is -0.400 e. The highest BCUT2D eigenvalue weighted by atomic mass is 79.9. The lowest BCUT2D eigenvalue weighted by molar-refractivity contribution is 0.0165. The van der Waals surface area contributed by atoms with Crippen LogP contribution in [0.5, 0.6) is 0 Å². The molecule has 6 atom stereocenters. The van der Waals surface area contributed by atoms with Gasteiger partial charge in [-0.2, -0.15) is 0 Å². The molecule has 0 aliphatic heterocycles. The van der Waals surface area contributed by atoms with Crippen LogP contribution in [-0.2, 0) is 0 Å². The molecule has 0 aromatic rings. The zero-order valence-electron chi connectivity index (χ0n) is 26.5. The van der Waals surface area contributed by atoms with Crippen LogP contribution in [0.4, 0.5) is 0 Å². The van der Waals surface area contributed by atoms with E-state index in [1.54, 1.807) is 0 Å². The Morgan fingerprint density at radius 3 is 1.42 bits per heavy atom. The van der Waals surface area contributed by atoms with Crippen molar-refractivity contribution in [1.29, 1.82) is 0 Å². The lowest BCUT2D eigenvalue weighted by Crippen LogP contribution is -2.25. The van der Waals surface area contributed by atoms with Gasteiger partial charge in [-0.15, -0.1) is 12.3 Å². The van der Waals surface area contributed by atoms with Crippen LogP contribution in [0.15, 0.2) is 25.3 Å². The first kappa shape index (κ1) is 47.8. The molecule has 0 radical (unpaired) electrons. The largest absolute Gasteiger partial charge is 0.400 e. The maximum atomic E-state index is 9.75. The first-order valence-electron chi connectivity index (χ1n) is 15.0.